The lowest BCUT2D eigenvalue weighted by Gasteiger charge is -2.66. The van der Waals surface area contributed by atoms with Gasteiger partial charge >= 0.3 is 6.18 Å². The number of rotatable bonds is 3. The first-order valence-corrected chi connectivity index (χ1v) is 12.6. The monoisotopic (exact) mass is 483 g/mol. The van der Waals surface area contributed by atoms with E-state index in [1.165, 1.54) is 0 Å². The highest BCUT2D eigenvalue weighted by Gasteiger charge is 2.66. The minimum Gasteiger partial charge on any atom is -0.390 e. The number of nitrogens with two attached hydrogens (primary N) is 1. The Morgan fingerprint density at radius 3 is 2.44 bits per heavy atom. The van der Waals surface area contributed by atoms with Crippen LogP contribution in [0.1, 0.15) is 84.4 Å². The number of carbonyl (C=O) groups is 1. The largest absolute Gasteiger partial charge is 0.455 e. The lowest BCUT2D eigenvalue weighted by atomic mass is 9.41. The Balaban J connectivity index is 1.36. The van der Waals surface area contributed by atoms with E-state index in [0.717, 1.165) is 56.2 Å². The molecule has 4 saturated carbocycles. The molecule has 3 N–H and O–H groups in total. The van der Waals surface area contributed by atoms with Gasteiger partial charge < -0.3 is 10.8 Å². The highest BCUT2D eigenvalue weighted by atomic mass is 19.4. The number of halogens is 3. The van der Waals surface area contributed by atoms with Gasteiger partial charge in [0.25, 0.3) is 5.82 Å². The minimum atomic E-state index is -4.68. The van der Waals surface area contributed by atoms with E-state index in [4.69, 9.17) is 5.73 Å². The summed E-state index contributed by atoms with van der Waals surface area (Å²) in [5, 5.41) is 20.6. The fourth-order valence-electron chi connectivity index (χ4n) is 8.85. The van der Waals surface area contributed by atoms with Gasteiger partial charge in [-0.15, -0.1) is 10.2 Å². The molecule has 0 radical (unpaired) electrons. The zero-order chi connectivity index (χ0) is 24.7. The lowest BCUT2D eigenvalue weighted by Crippen LogP contribution is -2.68. The molecule has 7 nitrogen and oxygen atoms in total. The van der Waals surface area contributed by atoms with Crippen molar-refractivity contribution in [1.82, 2.24) is 20.2 Å². The number of tetrazole rings is 1. The molecule has 0 bridgehead atoms. The quantitative estimate of drug-likeness (QED) is 0.678. The molecule has 10 heteroatoms. The molecule has 5 rings (SSSR count). The Kier molecular flexibility index (Phi) is 5.31. The van der Waals surface area contributed by atoms with E-state index in [9.17, 15) is 23.1 Å². The summed E-state index contributed by atoms with van der Waals surface area (Å²) in [6.45, 7) is 6.18. The second-order valence-corrected chi connectivity index (χ2v) is 12.4. The van der Waals surface area contributed by atoms with E-state index in [1.54, 1.807) is 0 Å². The fourth-order valence-corrected chi connectivity index (χ4v) is 8.85. The van der Waals surface area contributed by atoms with Crippen LogP contribution in [-0.4, -0.2) is 42.2 Å². The average molecular weight is 484 g/mol. The van der Waals surface area contributed by atoms with Gasteiger partial charge in [-0.1, -0.05) is 13.8 Å². The number of ketones is 1. The second-order valence-electron chi connectivity index (χ2n) is 12.4. The fraction of sp³-hybridized carbons (Fsp3) is 0.917. The number of alkyl halides is 3. The number of carbonyl (C=O) groups excluding carboxylic acids is 1. The summed E-state index contributed by atoms with van der Waals surface area (Å²) in [5.41, 5.74) is 6.18. The number of nitrogens with zero attached hydrogens (tertiary/aromatic N) is 4. The van der Waals surface area contributed by atoms with Gasteiger partial charge in [-0.2, -0.15) is 18.0 Å². The van der Waals surface area contributed by atoms with Crippen LogP contribution in [0.25, 0.3) is 0 Å². The van der Waals surface area contributed by atoms with Crippen LogP contribution < -0.4 is 5.73 Å². The summed E-state index contributed by atoms with van der Waals surface area (Å²) in [6.07, 6.45) is 3.18. The van der Waals surface area contributed by atoms with Gasteiger partial charge in [0.05, 0.1) is 5.60 Å². The number of fused-ring (bicyclic) bond motifs is 5. The summed E-state index contributed by atoms with van der Waals surface area (Å²) >= 11 is 0. The molecule has 34 heavy (non-hydrogen) atoms. The molecule has 0 amide bonds. The predicted octanol–water partition coefficient (Wildman–Crippen LogP) is 3.75. The maximum absolute atomic E-state index is 13.3. The van der Waals surface area contributed by atoms with Crippen LogP contribution >= 0.6 is 0 Å². The normalized spacial score (nSPS) is 46.5. The van der Waals surface area contributed by atoms with E-state index < -0.39 is 17.6 Å². The zero-order valence-corrected chi connectivity index (χ0v) is 20.2. The van der Waals surface area contributed by atoms with Gasteiger partial charge in [0, 0.05) is 11.5 Å². The topological polar surface area (TPSA) is 107 Å². The molecular formula is C24H36F3N5O2. The van der Waals surface area contributed by atoms with Crippen LogP contribution in [0.2, 0.25) is 0 Å². The summed E-state index contributed by atoms with van der Waals surface area (Å²) in [5.74, 6) is -0.713. The second kappa shape index (κ2) is 7.48. The molecular weight excluding hydrogens is 447 g/mol. The molecule has 2 unspecified atom stereocenters. The highest BCUT2D eigenvalue weighted by molar-refractivity contribution is 5.82. The average Bonchev–Trinajstić information content (AvgIpc) is 3.33. The number of aliphatic hydroxyl groups is 1. The van der Waals surface area contributed by atoms with Crippen LogP contribution in [0.3, 0.4) is 0 Å². The molecule has 8 atom stereocenters. The third kappa shape index (κ3) is 3.53. The molecule has 1 heterocycles. The number of hydrogen-bond acceptors (Lipinski definition) is 6. The first-order valence-electron chi connectivity index (χ1n) is 12.6. The van der Waals surface area contributed by atoms with Crippen molar-refractivity contribution in [1.29, 1.82) is 0 Å². The Morgan fingerprint density at radius 2 is 1.76 bits per heavy atom. The summed E-state index contributed by atoms with van der Waals surface area (Å²) in [6, 6.07) is 0. The summed E-state index contributed by atoms with van der Waals surface area (Å²) < 4.78 is 38.5. The Morgan fingerprint density at radius 1 is 1.06 bits per heavy atom. The van der Waals surface area contributed by atoms with E-state index in [2.05, 4.69) is 29.3 Å². The zero-order valence-electron chi connectivity index (χ0n) is 20.2. The van der Waals surface area contributed by atoms with Crippen molar-refractivity contribution < 1.29 is 23.1 Å². The standard InChI is InChI=1S/C24H36F3N5O2/c1-20(34)10-11-21(2)14(12-20)6-9-23(28)17-5-4-15(22(17,3)8-7-18(21)23)16(33)13-32-30-19(29-31-32)24(25,26)27/h14-15,17-18,34H,4-13,28H2,1-3H3/t14-,15-,17-,18-,20-,21?,22-,23?/m1/s1. The SMILES string of the molecule is CC12CC[C@@](C)(O)C[C@H]1CCC1(N)[C@@H]2CC[C@]2(C)[C@@H](C(=O)Cn3nnc(C(F)(F)F)n3)CC[C@@H]12. The first-order chi connectivity index (χ1) is 15.7. The van der Waals surface area contributed by atoms with Crippen LogP contribution in [-0.2, 0) is 17.5 Å². The number of aromatic nitrogens is 4. The highest BCUT2D eigenvalue weighted by Crippen LogP contribution is 2.68. The Hall–Kier alpha value is -1.55. The molecule has 0 spiro atoms. The smallest absolute Gasteiger partial charge is 0.390 e. The molecule has 0 saturated heterocycles. The van der Waals surface area contributed by atoms with Crippen molar-refractivity contribution in [2.24, 2.45) is 40.2 Å². The van der Waals surface area contributed by atoms with Crippen molar-refractivity contribution in [2.75, 3.05) is 0 Å². The third-order valence-corrected chi connectivity index (χ3v) is 10.5. The maximum Gasteiger partial charge on any atom is 0.455 e. The van der Waals surface area contributed by atoms with Crippen molar-refractivity contribution >= 4 is 5.78 Å². The molecule has 4 aliphatic rings. The van der Waals surface area contributed by atoms with Crippen molar-refractivity contribution in [2.45, 2.75) is 102 Å². The summed E-state index contributed by atoms with van der Waals surface area (Å²) in [4.78, 5) is 14.1. The molecule has 4 aliphatic carbocycles. The molecule has 0 aromatic carbocycles. The van der Waals surface area contributed by atoms with Gasteiger partial charge in [-0.25, -0.2) is 0 Å². The van der Waals surface area contributed by atoms with Gasteiger partial charge in [-0.05, 0) is 98.5 Å². The lowest BCUT2D eigenvalue weighted by molar-refractivity contribution is -0.159. The molecule has 1 aromatic rings. The summed E-state index contributed by atoms with van der Waals surface area (Å²) in [7, 11) is 0. The van der Waals surface area contributed by atoms with Crippen LogP contribution in [0.5, 0.6) is 0 Å². The number of Topliss-reactive ketones (excluding diaryl/α,β-unsaturated/α-hetero) is 1. The first kappa shape index (κ1) is 24.2. The van der Waals surface area contributed by atoms with E-state index in [1.807, 2.05) is 6.92 Å². The van der Waals surface area contributed by atoms with Gasteiger partial charge in [0.2, 0.25) is 0 Å². The van der Waals surface area contributed by atoms with E-state index >= 15 is 0 Å². The molecule has 0 aliphatic heterocycles. The Bertz CT molecular complexity index is 980. The predicted molar refractivity (Wildman–Crippen MR) is 117 cm³/mol. The maximum atomic E-state index is 13.3. The van der Waals surface area contributed by atoms with Crippen LogP contribution in [0.15, 0.2) is 0 Å². The number of hydrogen-bond donors (Lipinski definition) is 2. The van der Waals surface area contributed by atoms with Crippen molar-refractivity contribution in [3.05, 3.63) is 5.82 Å². The molecule has 190 valence electrons. The van der Waals surface area contributed by atoms with E-state index in [-0.39, 0.29) is 40.5 Å². The van der Waals surface area contributed by atoms with Crippen LogP contribution in [0.4, 0.5) is 13.2 Å². The van der Waals surface area contributed by atoms with Crippen molar-refractivity contribution in [3.8, 4) is 0 Å². The van der Waals surface area contributed by atoms with E-state index in [0.29, 0.717) is 18.3 Å². The molecule has 1 aromatic heterocycles. The minimum absolute atomic E-state index is 0.0946. The molecule has 4 fully saturated rings. The van der Waals surface area contributed by atoms with Gasteiger partial charge in [0.1, 0.15) is 6.54 Å². The van der Waals surface area contributed by atoms with Gasteiger partial charge in [-0.3, -0.25) is 4.79 Å². The van der Waals surface area contributed by atoms with Crippen LogP contribution in [0, 0.1) is 34.5 Å². The van der Waals surface area contributed by atoms with Gasteiger partial charge in [0.15, 0.2) is 5.78 Å². The Labute approximate surface area is 198 Å². The van der Waals surface area contributed by atoms with Crippen molar-refractivity contribution in [3.63, 3.8) is 0 Å². The third-order valence-electron chi connectivity index (χ3n) is 10.5.